The summed E-state index contributed by atoms with van der Waals surface area (Å²) < 4.78 is 7.38. The van der Waals surface area contributed by atoms with Gasteiger partial charge in [0.1, 0.15) is 11.9 Å². The van der Waals surface area contributed by atoms with Gasteiger partial charge in [-0.05, 0) is 51.8 Å². The van der Waals surface area contributed by atoms with Crippen LogP contribution in [0.2, 0.25) is 0 Å². The molecule has 2 aliphatic heterocycles. The van der Waals surface area contributed by atoms with Gasteiger partial charge in [-0.2, -0.15) is 0 Å². The van der Waals surface area contributed by atoms with E-state index in [1.807, 2.05) is 36.3 Å². The summed E-state index contributed by atoms with van der Waals surface area (Å²) in [5.74, 6) is 2.04. The summed E-state index contributed by atoms with van der Waals surface area (Å²) >= 11 is 0. The van der Waals surface area contributed by atoms with Crippen molar-refractivity contribution in [3.8, 4) is 18.0 Å². The van der Waals surface area contributed by atoms with E-state index in [9.17, 15) is 9.59 Å². The number of fused-ring (bicyclic) bond motifs is 5. The van der Waals surface area contributed by atoms with Crippen molar-refractivity contribution in [2.75, 3.05) is 6.54 Å². The minimum absolute atomic E-state index is 0.0663. The number of rotatable bonds is 1. The molecular formula is C21H21N3O3. The first-order valence-electron chi connectivity index (χ1n) is 9.03. The average molecular weight is 363 g/mol. The van der Waals surface area contributed by atoms with E-state index < -0.39 is 11.6 Å². The molecule has 4 rings (SSSR count). The lowest BCUT2D eigenvalue weighted by Crippen LogP contribution is -2.31. The van der Waals surface area contributed by atoms with Gasteiger partial charge in [-0.15, -0.1) is 6.42 Å². The van der Waals surface area contributed by atoms with Crippen molar-refractivity contribution in [2.24, 2.45) is 0 Å². The molecule has 27 heavy (non-hydrogen) atoms. The number of hydrogen-bond donors (Lipinski definition) is 0. The third-order valence-corrected chi connectivity index (χ3v) is 4.88. The Labute approximate surface area is 158 Å². The Morgan fingerprint density at radius 2 is 2.15 bits per heavy atom. The molecule has 2 aliphatic rings. The number of nitrogens with zero attached hydrogens (tertiary/aromatic N) is 3. The highest BCUT2D eigenvalue weighted by atomic mass is 16.6. The van der Waals surface area contributed by atoms with Crippen molar-refractivity contribution in [3.63, 3.8) is 0 Å². The molecule has 0 N–H and O–H groups in total. The minimum Gasteiger partial charge on any atom is -0.455 e. The SMILES string of the molecule is C#Cc1ccc2c(c1)C(=O)N1CCC[C@H]1c1c(C(=O)OC(C)(C)C)ncn1-2. The zero-order valence-electron chi connectivity index (χ0n) is 15.7. The van der Waals surface area contributed by atoms with E-state index in [0.29, 0.717) is 29.1 Å². The first kappa shape index (κ1) is 17.3. The lowest BCUT2D eigenvalue weighted by Gasteiger charge is -2.24. The van der Waals surface area contributed by atoms with Crippen molar-refractivity contribution < 1.29 is 14.3 Å². The summed E-state index contributed by atoms with van der Waals surface area (Å²) in [6, 6.07) is 5.13. The zero-order chi connectivity index (χ0) is 19.3. The van der Waals surface area contributed by atoms with Crippen molar-refractivity contribution in [2.45, 2.75) is 45.3 Å². The molecule has 1 amide bonds. The van der Waals surface area contributed by atoms with Crippen LogP contribution in [0.1, 0.15) is 71.8 Å². The quantitative estimate of drug-likeness (QED) is 0.577. The van der Waals surface area contributed by atoms with E-state index in [2.05, 4.69) is 10.9 Å². The third kappa shape index (κ3) is 2.80. The highest BCUT2D eigenvalue weighted by Crippen LogP contribution is 2.40. The van der Waals surface area contributed by atoms with Gasteiger partial charge in [-0.1, -0.05) is 5.92 Å². The maximum Gasteiger partial charge on any atom is 0.359 e. The highest BCUT2D eigenvalue weighted by molar-refractivity contribution is 6.00. The Morgan fingerprint density at radius 1 is 1.37 bits per heavy atom. The number of hydrogen-bond acceptors (Lipinski definition) is 4. The predicted molar refractivity (Wildman–Crippen MR) is 99.7 cm³/mol. The Bertz CT molecular complexity index is 991. The number of amides is 1. The molecule has 6 nitrogen and oxygen atoms in total. The van der Waals surface area contributed by atoms with Crippen molar-refractivity contribution >= 4 is 11.9 Å². The van der Waals surface area contributed by atoms with Gasteiger partial charge in [0, 0.05) is 12.1 Å². The molecule has 0 unspecified atom stereocenters. The fraction of sp³-hybridized carbons (Fsp3) is 0.381. The van der Waals surface area contributed by atoms with Gasteiger partial charge in [-0.3, -0.25) is 9.36 Å². The van der Waals surface area contributed by atoms with Crippen LogP contribution in [0.5, 0.6) is 0 Å². The van der Waals surface area contributed by atoms with E-state index in [0.717, 1.165) is 12.8 Å². The molecule has 6 heteroatoms. The van der Waals surface area contributed by atoms with Gasteiger partial charge in [0.15, 0.2) is 5.69 Å². The summed E-state index contributed by atoms with van der Waals surface area (Å²) in [5.41, 5.74) is 2.22. The van der Waals surface area contributed by atoms with Gasteiger partial charge >= 0.3 is 5.97 Å². The number of terminal acetylenes is 1. The lowest BCUT2D eigenvalue weighted by molar-refractivity contribution is 0.00596. The number of imidazole rings is 1. The van der Waals surface area contributed by atoms with Crippen molar-refractivity contribution in [3.05, 3.63) is 47.0 Å². The van der Waals surface area contributed by atoms with Gasteiger partial charge < -0.3 is 9.64 Å². The van der Waals surface area contributed by atoms with Crippen molar-refractivity contribution in [1.29, 1.82) is 0 Å². The maximum absolute atomic E-state index is 13.2. The van der Waals surface area contributed by atoms with Gasteiger partial charge in [0.25, 0.3) is 5.91 Å². The molecule has 0 spiro atoms. The Kier molecular flexibility index (Phi) is 3.84. The van der Waals surface area contributed by atoms with Crippen LogP contribution in [-0.4, -0.2) is 38.5 Å². The smallest absolute Gasteiger partial charge is 0.359 e. The monoisotopic (exact) mass is 363 g/mol. The number of ether oxygens (including phenoxy) is 1. The molecule has 1 aromatic carbocycles. The number of carbonyl (C=O) groups excluding carboxylic acids is 2. The molecule has 1 aromatic heterocycles. The molecule has 0 aliphatic carbocycles. The fourth-order valence-corrected chi connectivity index (χ4v) is 3.81. The molecule has 0 bridgehead atoms. The summed E-state index contributed by atoms with van der Waals surface area (Å²) in [5, 5.41) is 0. The van der Waals surface area contributed by atoms with Crippen LogP contribution in [0.15, 0.2) is 24.5 Å². The number of esters is 1. The topological polar surface area (TPSA) is 64.4 Å². The number of aromatic nitrogens is 2. The second-order valence-electron chi connectivity index (χ2n) is 7.88. The van der Waals surface area contributed by atoms with Crippen LogP contribution >= 0.6 is 0 Å². The summed E-state index contributed by atoms with van der Waals surface area (Å²) in [6.45, 7) is 6.10. The molecule has 1 saturated heterocycles. The van der Waals surface area contributed by atoms with E-state index >= 15 is 0 Å². The molecule has 1 fully saturated rings. The molecule has 1 atom stereocenters. The number of carbonyl (C=O) groups is 2. The average Bonchev–Trinajstić information content (AvgIpc) is 3.23. The van der Waals surface area contributed by atoms with Gasteiger partial charge in [-0.25, -0.2) is 9.78 Å². The third-order valence-electron chi connectivity index (χ3n) is 4.88. The summed E-state index contributed by atoms with van der Waals surface area (Å²) in [4.78, 5) is 32.1. The van der Waals surface area contributed by atoms with E-state index in [1.54, 1.807) is 18.5 Å². The second kappa shape index (κ2) is 5.98. The molecular weight excluding hydrogens is 342 g/mol. The Morgan fingerprint density at radius 3 is 2.85 bits per heavy atom. The Hall–Kier alpha value is -3.07. The van der Waals surface area contributed by atoms with Gasteiger partial charge in [0.05, 0.1) is 23.0 Å². The highest BCUT2D eigenvalue weighted by Gasteiger charge is 2.40. The normalized spacial score (nSPS) is 18.2. The van der Waals surface area contributed by atoms with Crippen LogP contribution in [0.25, 0.3) is 5.69 Å². The molecule has 3 heterocycles. The first-order chi connectivity index (χ1) is 12.8. The van der Waals surface area contributed by atoms with E-state index in [1.165, 1.54) is 0 Å². The largest absolute Gasteiger partial charge is 0.455 e. The number of benzene rings is 1. The summed E-state index contributed by atoms with van der Waals surface area (Å²) in [7, 11) is 0. The predicted octanol–water partition coefficient (Wildman–Crippen LogP) is 3.10. The van der Waals surface area contributed by atoms with Crippen molar-refractivity contribution in [1.82, 2.24) is 14.5 Å². The molecule has 2 aromatic rings. The molecule has 0 radical (unpaired) electrons. The standard InChI is InChI=1S/C21H21N3O3/c1-5-13-8-9-15-14(11-13)19(25)23-10-6-7-16(23)18-17(22-12-24(15)18)20(26)27-21(2,3)4/h1,8-9,11-12,16H,6-7,10H2,2-4H3/t16-/m0/s1. The Balaban J connectivity index is 1.91. The first-order valence-corrected chi connectivity index (χ1v) is 9.03. The molecule has 0 saturated carbocycles. The van der Waals surface area contributed by atoms with Crippen LogP contribution < -0.4 is 0 Å². The lowest BCUT2D eigenvalue weighted by atomic mass is 10.1. The van der Waals surface area contributed by atoms with Crippen LogP contribution in [0, 0.1) is 12.3 Å². The maximum atomic E-state index is 13.2. The summed E-state index contributed by atoms with van der Waals surface area (Å²) in [6.07, 6.45) is 8.77. The zero-order valence-corrected chi connectivity index (χ0v) is 15.7. The van der Waals surface area contributed by atoms with Crippen LogP contribution in [0.3, 0.4) is 0 Å². The van der Waals surface area contributed by atoms with Crippen LogP contribution in [-0.2, 0) is 4.74 Å². The minimum atomic E-state index is -0.622. The van der Waals surface area contributed by atoms with E-state index in [-0.39, 0.29) is 17.6 Å². The van der Waals surface area contributed by atoms with Gasteiger partial charge in [0.2, 0.25) is 0 Å². The second-order valence-corrected chi connectivity index (χ2v) is 7.88. The van der Waals surface area contributed by atoms with Crippen LogP contribution in [0.4, 0.5) is 0 Å². The fourth-order valence-electron chi connectivity index (χ4n) is 3.81. The molecule has 138 valence electrons. The van der Waals surface area contributed by atoms with E-state index in [4.69, 9.17) is 11.2 Å².